The number of rotatable bonds is 5. The van der Waals surface area contributed by atoms with E-state index in [9.17, 15) is 13.2 Å². The van der Waals surface area contributed by atoms with Crippen LogP contribution in [0.1, 0.15) is 15.9 Å². The van der Waals surface area contributed by atoms with Crippen molar-refractivity contribution in [3.63, 3.8) is 0 Å². The quantitative estimate of drug-likeness (QED) is 0.812. The maximum absolute atomic E-state index is 12.6. The molecule has 8 heteroatoms. The third-order valence-electron chi connectivity index (χ3n) is 3.45. The average Bonchev–Trinajstić information content (AvgIpc) is 2.55. The minimum absolute atomic E-state index is 0.0806. The third-order valence-corrected chi connectivity index (χ3v) is 5.75. The van der Waals surface area contributed by atoms with Gasteiger partial charge >= 0.3 is 0 Å². The maximum atomic E-state index is 12.6. The molecule has 0 saturated heterocycles. The number of hydrogen-bond acceptors (Lipinski definition) is 4. The van der Waals surface area contributed by atoms with Gasteiger partial charge in [-0.05, 0) is 35.9 Å². The number of pyridine rings is 1. The molecule has 0 fully saturated rings. The lowest BCUT2D eigenvalue weighted by Crippen LogP contribution is -2.27. The van der Waals surface area contributed by atoms with Gasteiger partial charge in [0.2, 0.25) is 10.0 Å². The van der Waals surface area contributed by atoms with Gasteiger partial charge in [0.15, 0.2) is 0 Å². The Bertz CT molecular complexity index is 839. The van der Waals surface area contributed by atoms with Crippen molar-refractivity contribution in [1.82, 2.24) is 14.2 Å². The zero-order valence-corrected chi connectivity index (χ0v) is 15.2. The number of carbonyl (C=O) groups excluding carboxylic acids is 1. The fraction of sp³-hybridized carbons (Fsp3) is 0.250. The van der Waals surface area contributed by atoms with Crippen LogP contribution in [0.4, 0.5) is 0 Å². The lowest BCUT2D eigenvalue weighted by Gasteiger charge is -2.19. The summed E-state index contributed by atoms with van der Waals surface area (Å²) in [5.41, 5.74) is 1.19. The first kappa shape index (κ1) is 18.4. The van der Waals surface area contributed by atoms with Gasteiger partial charge in [0.25, 0.3) is 5.91 Å². The summed E-state index contributed by atoms with van der Waals surface area (Å²) in [6.45, 7) is 0.389. The molecule has 1 heterocycles. The summed E-state index contributed by atoms with van der Waals surface area (Å²) in [5, 5.41) is 0.0806. The number of carbonyl (C=O) groups is 1. The molecule has 128 valence electrons. The molecule has 1 aromatic heterocycles. The summed E-state index contributed by atoms with van der Waals surface area (Å²) in [6.07, 6.45) is 3.30. The van der Waals surface area contributed by atoms with Crippen molar-refractivity contribution in [3.8, 4) is 0 Å². The molecule has 0 aliphatic heterocycles. The summed E-state index contributed by atoms with van der Waals surface area (Å²) < 4.78 is 25.7. The third kappa shape index (κ3) is 3.92. The molecule has 6 nitrogen and oxygen atoms in total. The topological polar surface area (TPSA) is 70.6 Å². The van der Waals surface area contributed by atoms with Crippen molar-refractivity contribution in [3.05, 3.63) is 58.9 Å². The van der Waals surface area contributed by atoms with Crippen LogP contribution in [0.5, 0.6) is 0 Å². The molecule has 0 aliphatic rings. The van der Waals surface area contributed by atoms with Crippen molar-refractivity contribution in [2.24, 2.45) is 0 Å². The van der Waals surface area contributed by atoms with Crippen LogP contribution in [0.15, 0.2) is 47.6 Å². The van der Waals surface area contributed by atoms with Crippen molar-refractivity contribution in [1.29, 1.82) is 0 Å². The zero-order chi connectivity index (χ0) is 17.9. The van der Waals surface area contributed by atoms with E-state index in [0.29, 0.717) is 6.54 Å². The molecule has 0 radical (unpaired) electrons. The molecule has 0 unspecified atom stereocenters. The minimum Gasteiger partial charge on any atom is -0.337 e. The molecule has 0 N–H and O–H groups in total. The number of amides is 1. The Kier molecular flexibility index (Phi) is 5.58. The van der Waals surface area contributed by atoms with Gasteiger partial charge in [-0.3, -0.25) is 9.78 Å². The molecule has 1 amide bonds. The standard InChI is InChI=1S/C16H18ClN3O3S/c1-19(2)24(22,23)15-10-13(4-5-14(15)17)16(21)20(3)11-12-6-8-18-9-7-12/h4-10H,11H2,1-3H3. The highest BCUT2D eigenvalue weighted by Crippen LogP contribution is 2.25. The van der Waals surface area contributed by atoms with Gasteiger partial charge < -0.3 is 4.90 Å². The second kappa shape index (κ2) is 7.29. The molecular weight excluding hydrogens is 350 g/mol. The fourth-order valence-corrected chi connectivity index (χ4v) is 3.48. The van der Waals surface area contributed by atoms with Crippen molar-refractivity contribution >= 4 is 27.5 Å². The van der Waals surface area contributed by atoms with Crippen molar-refractivity contribution < 1.29 is 13.2 Å². The number of hydrogen-bond donors (Lipinski definition) is 0. The Labute approximate surface area is 146 Å². The van der Waals surface area contributed by atoms with E-state index in [2.05, 4.69) is 4.98 Å². The van der Waals surface area contributed by atoms with Crippen LogP contribution >= 0.6 is 11.6 Å². The Balaban J connectivity index is 2.30. The van der Waals surface area contributed by atoms with Crippen molar-refractivity contribution in [2.75, 3.05) is 21.1 Å². The molecule has 0 saturated carbocycles. The number of nitrogens with zero attached hydrogens (tertiary/aromatic N) is 3. The Morgan fingerprint density at radius 2 is 1.75 bits per heavy atom. The smallest absolute Gasteiger partial charge is 0.253 e. The van der Waals surface area contributed by atoms with Crippen LogP contribution in [-0.2, 0) is 16.6 Å². The molecule has 0 bridgehead atoms. The lowest BCUT2D eigenvalue weighted by molar-refractivity contribution is 0.0785. The van der Waals surface area contributed by atoms with Crippen LogP contribution in [-0.4, -0.2) is 49.7 Å². The highest BCUT2D eigenvalue weighted by Gasteiger charge is 2.23. The summed E-state index contributed by atoms with van der Waals surface area (Å²) in [6, 6.07) is 7.87. The first-order valence-corrected chi connectivity index (χ1v) is 8.91. The second-order valence-electron chi connectivity index (χ2n) is 5.45. The van der Waals surface area contributed by atoms with E-state index in [-0.39, 0.29) is 21.4 Å². The van der Waals surface area contributed by atoms with Gasteiger partial charge in [-0.25, -0.2) is 12.7 Å². The lowest BCUT2D eigenvalue weighted by atomic mass is 10.2. The van der Waals surface area contributed by atoms with E-state index < -0.39 is 10.0 Å². The second-order valence-corrected chi connectivity index (χ2v) is 7.98. The largest absolute Gasteiger partial charge is 0.337 e. The molecule has 1 aromatic carbocycles. The van der Waals surface area contributed by atoms with Crippen LogP contribution in [0.2, 0.25) is 5.02 Å². The number of benzene rings is 1. The van der Waals surface area contributed by atoms with Crippen molar-refractivity contribution in [2.45, 2.75) is 11.4 Å². The van der Waals surface area contributed by atoms with E-state index in [4.69, 9.17) is 11.6 Å². The SMILES string of the molecule is CN(Cc1ccncc1)C(=O)c1ccc(Cl)c(S(=O)(=O)N(C)C)c1. The van der Waals surface area contributed by atoms with Gasteiger partial charge in [0.05, 0.1) is 5.02 Å². The zero-order valence-electron chi connectivity index (χ0n) is 13.6. The fourth-order valence-electron chi connectivity index (χ4n) is 2.09. The van der Waals surface area contributed by atoms with E-state index in [1.54, 1.807) is 19.4 Å². The Hall–Kier alpha value is -1.96. The number of aromatic nitrogens is 1. The van der Waals surface area contributed by atoms with E-state index >= 15 is 0 Å². The summed E-state index contributed by atoms with van der Waals surface area (Å²) in [7, 11) is 0.749. The Morgan fingerprint density at radius 1 is 1.12 bits per heavy atom. The van der Waals surface area contributed by atoms with Gasteiger partial charge in [-0.15, -0.1) is 0 Å². The summed E-state index contributed by atoms with van der Waals surface area (Å²) in [4.78, 5) is 17.9. The van der Waals surface area contributed by atoms with Gasteiger partial charge in [-0.1, -0.05) is 11.6 Å². The number of halogens is 1. The van der Waals surface area contributed by atoms with Gasteiger partial charge in [-0.2, -0.15) is 0 Å². The van der Waals surface area contributed by atoms with E-state index in [1.165, 1.54) is 37.2 Å². The monoisotopic (exact) mass is 367 g/mol. The van der Waals surface area contributed by atoms with Crippen LogP contribution in [0, 0.1) is 0 Å². The molecule has 0 aliphatic carbocycles. The molecule has 2 rings (SSSR count). The Morgan fingerprint density at radius 3 is 2.33 bits per heavy atom. The first-order valence-electron chi connectivity index (χ1n) is 7.10. The summed E-state index contributed by atoms with van der Waals surface area (Å²) >= 11 is 6.00. The predicted molar refractivity (Wildman–Crippen MR) is 92.4 cm³/mol. The van der Waals surface area contributed by atoms with E-state index in [0.717, 1.165) is 9.87 Å². The van der Waals surface area contributed by atoms with Crippen LogP contribution in [0.3, 0.4) is 0 Å². The van der Waals surface area contributed by atoms with Crippen LogP contribution in [0.25, 0.3) is 0 Å². The normalized spacial score (nSPS) is 11.5. The molecule has 0 spiro atoms. The predicted octanol–water partition coefficient (Wildman–Crippen LogP) is 2.26. The molecule has 2 aromatic rings. The highest BCUT2D eigenvalue weighted by molar-refractivity contribution is 7.89. The van der Waals surface area contributed by atoms with Gasteiger partial charge in [0.1, 0.15) is 4.90 Å². The average molecular weight is 368 g/mol. The van der Waals surface area contributed by atoms with Gasteiger partial charge in [0, 0.05) is 45.6 Å². The maximum Gasteiger partial charge on any atom is 0.253 e. The molecule has 24 heavy (non-hydrogen) atoms. The van der Waals surface area contributed by atoms with E-state index in [1.807, 2.05) is 12.1 Å². The first-order chi connectivity index (χ1) is 11.2. The molecule has 0 atom stereocenters. The summed E-state index contributed by atoms with van der Waals surface area (Å²) in [5.74, 6) is -0.293. The molecular formula is C16H18ClN3O3S. The minimum atomic E-state index is -3.73. The van der Waals surface area contributed by atoms with Crippen LogP contribution < -0.4 is 0 Å². The number of sulfonamides is 1. The highest BCUT2D eigenvalue weighted by atomic mass is 35.5.